The fraction of sp³-hybridized carbons (Fsp3) is 0.545. The number of aromatic nitrogens is 1. The zero-order chi connectivity index (χ0) is 14.8. The molecule has 108 valence electrons. The Morgan fingerprint density at radius 3 is 2.47 bits per heavy atom. The summed E-state index contributed by atoms with van der Waals surface area (Å²) in [5.41, 5.74) is -0.121. The van der Waals surface area contributed by atoms with Gasteiger partial charge in [0.15, 0.2) is 0 Å². The van der Waals surface area contributed by atoms with Crippen LogP contribution in [-0.4, -0.2) is 41.8 Å². The first-order valence-electron chi connectivity index (χ1n) is 5.72. The van der Waals surface area contributed by atoms with E-state index in [1.807, 2.05) is 0 Å². The number of aliphatic hydroxyl groups excluding tert-OH is 1. The molecule has 0 spiro atoms. The largest absolute Gasteiger partial charge is 0.477 e. The van der Waals surface area contributed by atoms with Gasteiger partial charge in [0.1, 0.15) is 10.6 Å². The molecule has 0 radical (unpaired) electrons. The zero-order valence-electron chi connectivity index (χ0n) is 11.0. The monoisotopic (exact) mass is 290 g/mol. The summed E-state index contributed by atoms with van der Waals surface area (Å²) >= 11 is 0. The number of aromatic carboxylic acids is 1. The van der Waals surface area contributed by atoms with Crippen molar-refractivity contribution in [1.82, 2.24) is 9.29 Å². The van der Waals surface area contributed by atoms with E-state index < -0.39 is 22.1 Å². The molecule has 1 aromatic heterocycles. The highest BCUT2D eigenvalue weighted by Crippen LogP contribution is 2.13. The van der Waals surface area contributed by atoms with E-state index in [1.165, 1.54) is 17.8 Å². The highest BCUT2D eigenvalue weighted by atomic mass is 32.2. The van der Waals surface area contributed by atoms with Crippen LogP contribution in [0.25, 0.3) is 0 Å². The molecule has 1 rings (SSSR count). The normalized spacial score (nSPS) is 13.7. The molecule has 7 nitrogen and oxygen atoms in total. The van der Waals surface area contributed by atoms with Gasteiger partial charge in [-0.1, -0.05) is 13.8 Å². The molecule has 0 aliphatic carbocycles. The summed E-state index contributed by atoms with van der Waals surface area (Å²) in [4.78, 5) is 10.7. The van der Waals surface area contributed by atoms with Gasteiger partial charge < -0.3 is 14.8 Å². The van der Waals surface area contributed by atoms with E-state index in [4.69, 9.17) is 5.11 Å². The van der Waals surface area contributed by atoms with Crippen molar-refractivity contribution < 1.29 is 23.4 Å². The van der Waals surface area contributed by atoms with Gasteiger partial charge in [0.25, 0.3) is 0 Å². The Morgan fingerprint density at radius 1 is 1.47 bits per heavy atom. The van der Waals surface area contributed by atoms with Crippen molar-refractivity contribution in [1.29, 1.82) is 0 Å². The van der Waals surface area contributed by atoms with Crippen LogP contribution in [0.4, 0.5) is 0 Å². The molecule has 0 aliphatic rings. The third-order valence-electron chi connectivity index (χ3n) is 2.76. The number of nitrogens with one attached hydrogen (secondary N) is 1. The predicted molar refractivity (Wildman–Crippen MR) is 68.4 cm³/mol. The smallest absolute Gasteiger partial charge is 0.352 e. The molecule has 0 aliphatic heterocycles. The maximum Gasteiger partial charge on any atom is 0.352 e. The van der Waals surface area contributed by atoms with Crippen molar-refractivity contribution in [3.05, 3.63) is 18.0 Å². The lowest BCUT2D eigenvalue weighted by Gasteiger charge is -2.14. The SMILES string of the molecule is CC(C)C(O)CNS(=O)(=O)c1cc(C(=O)O)n(C)c1. The second kappa shape index (κ2) is 5.72. The van der Waals surface area contributed by atoms with Gasteiger partial charge in [-0.05, 0) is 12.0 Å². The topological polar surface area (TPSA) is 109 Å². The Kier molecular flexibility index (Phi) is 4.72. The summed E-state index contributed by atoms with van der Waals surface area (Å²) < 4.78 is 27.3. The Labute approximate surface area is 111 Å². The summed E-state index contributed by atoms with van der Waals surface area (Å²) in [5, 5.41) is 18.4. The molecule has 0 amide bonds. The van der Waals surface area contributed by atoms with Gasteiger partial charge in [-0.2, -0.15) is 0 Å². The summed E-state index contributed by atoms with van der Waals surface area (Å²) in [5.74, 6) is -1.28. The van der Waals surface area contributed by atoms with E-state index in [0.717, 1.165) is 6.07 Å². The van der Waals surface area contributed by atoms with Gasteiger partial charge in [0.2, 0.25) is 10.0 Å². The van der Waals surface area contributed by atoms with Crippen molar-refractivity contribution in [2.45, 2.75) is 24.8 Å². The van der Waals surface area contributed by atoms with E-state index in [0.29, 0.717) is 0 Å². The highest BCUT2D eigenvalue weighted by Gasteiger charge is 2.21. The fourth-order valence-corrected chi connectivity index (χ4v) is 2.53. The number of carbonyl (C=O) groups is 1. The number of aliphatic hydroxyl groups is 1. The van der Waals surface area contributed by atoms with Crippen LogP contribution in [0, 0.1) is 5.92 Å². The molecule has 1 unspecified atom stereocenters. The van der Waals surface area contributed by atoms with E-state index in [9.17, 15) is 18.3 Å². The van der Waals surface area contributed by atoms with Crippen molar-refractivity contribution in [3.8, 4) is 0 Å². The number of aryl methyl sites for hydroxylation is 1. The third-order valence-corrected chi connectivity index (χ3v) is 4.15. The predicted octanol–water partition coefficient (Wildman–Crippen LogP) is 0.0185. The van der Waals surface area contributed by atoms with Gasteiger partial charge in [-0.15, -0.1) is 0 Å². The van der Waals surface area contributed by atoms with Crippen LogP contribution in [0.1, 0.15) is 24.3 Å². The van der Waals surface area contributed by atoms with Gasteiger partial charge in [0, 0.05) is 19.8 Å². The van der Waals surface area contributed by atoms with Gasteiger partial charge >= 0.3 is 5.97 Å². The maximum atomic E-state index is 11.9. The number of carboxylic acids is 1. The molecule has 1 heterocycles. The Balaban J connectivity index is 2.89. The van der Waals surface area contributed by atoms with Crippen molar-refractivity contribution in [2.24, 2.45) is 13.0 Å². The summed E-state index contributed by atoms with van der Waals surface area (Å²) in [6.45, 7) is 3.42. The minimum Gasteiger partial charge on any atom is -0.477 e. The summed E-state index contributed by atoms with van der Waals surface area (Å²) in [6, 6.07) is 1.08. The Bertz CT molecular complexity index is 562. The van der Waals surface area contributed by atoms with Crippen LogP contribution >= 0.6 is 0 Å². The van der Waals surface area contributed by atoms with E-state index in [1.54, 1.807) is 13.8 Å². The number of rotatable bonds is 6. The second-order valence-electron chi connectivity index (χ2n) is 4.64. The quantitative estimate of drug-likeness (QED) is 0.684. The van der Waals surface area contributed by atoms with E-state index >= 15 is 0 Å². The molecule has 0 saturated heterocycles. The number of hydrogen-bond acceptors (Lipinski definition) is 4. The number of nitrogens with zero attached hydrogens (tertiary/aromatic N) is 1. The maximum absolute atomic E-state index is 11.9. The minimum atomic E-state index is -3.82. The fourth-order valence-electron chi connectivity index (χ4n) is 1.41. The lowest BCUT2D eigenvalue weighted by molar-refractivity contribution is 0.0686. The van der Waals surface area contributed by atoms with Crippen LogP contribution in [0.2, 0.25) is 0 Å². The molecule has 1 atom stereocenters. The second-order valence-corrected chi connectivity index (χ2v) is 6.41. The molecular weight excluding hydrogens is 272 g/mol. The number of carboxylic acid groups (broad SMARTS) is 1. The van der Waals surface area contributed by atoms with Crippen molar-refractivity contribution >= 4 is 16.0 Å². The van der Waals surface area contributed by atoms with Gasteiger partial charge in [0.05, 0.1) is 6.10 Å². The molecule has 3 N–H and O–H groups in total. The lowest BCUT2D eigenvalue weighted by atomic mass is 10.1. The van der Waals surface area contributed by atoms with Crippen LogP contribution in [0.5, 0.6) is 0 Å². The average molecular weight is 290 g/mol. The average Bonchev–Trinajstić information content (AvgIpc) is 2.69. The van der Waals surface area contributed by atoms with Crippen LogP contribution in [-0.2, 0) is 17.1 Å². The minimum absolute atomic E-state index is 0.0759. The Morgan fingerprint density at radius 2 is 2.05 bits per heavy atom. The van der Waals surface area contributed by atoms with E-state index in [2.05, 4.69) is 4.72 Å². The van der Waals surface area contributed by atoms with Crippen LogP contribution in [0.3, 0.4) is 0 Å². The number of sulfonamides is 1. The lowest BCUT2D eigenvalue weighted by Crippen LogP contribution is -2.34. The van der Waals surface area contributed by atoms with Crippen molar-refractivity contribution in [2.75, 3.05) is 6.54 Å². The summed E-state index contributed by atoms with van der Waals surface area (Å²) in [6.07, 6.45) is 0.422. The summed E-state index contributed by atoms with van der Waals surface area (Å²) in [7, 11) is -2.37. The Hall–Kier alpha value is -1.38. The van der Waals surface area contributed by atoms with Crippen LogP contribution in [0.15, 0.2) is 17.2 Å². The molecule has 0 saturated carbocycles. The molecule has 19 heavy (non-hydrogen) atoms. The molecule has 1 aromatic rings. The molecule has 0 aromatic carbocycles. The zero-order valence-corrected chi connectivity index (χ0v) is 11.8. The van der Waals surface area contributed by atoms with Crippen LogP contribution < -0.4 is 4.72 Å². The molecule has 0 fully saturated rings. The first-order chi connectivity index (χ1) is 8.65. The van der Waals surface area contributed by atoms with Crippen molar-refractivity contribution in [3.63, 3.8) is 0 Å². The standard InChI is InChI=1S/C11H18N2O5S/c1-7(2)10(14)5-12-19(17,18)8-4-9(11(15)16)13(3)6-8/h4,6-7,10,12,14H,5H2,1-3H3,(H,15,16). The van der Waals surface area contributed by atoms with Gasteiger partial charge in [-0.25, -0.2) is 17.9 Å². The first-order valence-corrected chi connectivity index (χ1v) is 7.21. The number of hydrogen-bond donors (Lipinski definition) is 3. The molecule has 0 bridgehead atoms. The third kappa shape index (κ3) is 3.79. The van der Waals surface area contributed by atoms with E-state index in [-0.39, 0.29) is 23.1 Å². The highest BCUT2D eigenvalue weighted by molar-refractivity contribution is 7.89. The molecular formula is C11H18N2O5S. The molecule has 8 heteroatoms. The first kappa shape index (κ1) is 15.7. The van der Waals surface area contributed by atoms with Gasteiger partial charge in [-0.3, -0.25) is 0 Å².